The SMILES string of the molecule is COC1(c2ccccc2)C(=O)C(=O)c2ccccc21. The van der Waals surface area contributed by atoms with E-state index in [4.69, 9.17) is 4.74 Å². The number of Topliss-reactive ketones (excluding diaryl/α,β-unsaturated/α-hetero) is 2. The van der Waals surface area contributed by atoms with Crippen molar-refractivity contribution < 1.29 is 14.3 Å². The molecular weight excluding hydrogens is 240 g/mol. The molecule has 1 aliphatic carbocycles. The van der Waals surface area contributed by atoms with Crippen LogP contribution in [-0.4, -0.2) is 18.7 Å². The molecule has 0 N–H and O–H groups in total. The molecule has 0 saturated heterocycles. The van der Waals surface area contributed by atoms with Gasteiger partial charge in [0.25, 0.3) is 0 Å². The zero-order valence-electron chi connectivity index (χ0n) is 10.4. The summed E-state index contributed by atoms with van der Waals surface area (Å²) >= 11 is 0. The van der Waals surface area contributed by atoms with Crippen LogP contribution in [0, 0.1) is 0 Å². The number of benzene rings is 2. The molecule has 3 heteroatoms. The quantitative estimate of drug-likeness (QED) is 0.770. The van der Waals surface area contributed by atoms with E-state index < -0.39 is 17.2 Å². The van der Waals surface area contributed by atoms with Crippen LogP contribution in [0.3, 0.4) is 0 Å². The highest BCUT2D eigenvalue weighted by Crippen LogP contribution is 2.41. The van der Waals surface area contributed by atoms with E-state index >= 15 is 0 Å². The molecule has 19 heavy (non-hydrogen) atoms. The van der Waals surface area contributed by atoms with E-state index in [1.54, 1.807) is 36.4 Å². The highest BCUT2D eigenvalue weighted by molar-refractivity contribution is 6.50. The summed E-state index contributed by atoms with van der Waals surface area (Å²) in [5, 5.41) is 0. The fourth-order valence-corrected chi connectivity index (χ4v) is 2.67. The second-order valence-electron chi connectivity index (χ2n) is 4.46. The molecule has 1 unspecified atom stereocenters. The van der Waals surface area contributed by atoms with Gasteiger partial charge in [-0.2, -0.15) is 0 Å². The third-order valence-electron chi connectivity index (χ3n) is 3.56. The van der Waals surface area contributed by atoms with E-state index in [0.717, 1.165) is 0 Å². The summed E-state index contributed by atoms with van der Waals surface area (Å²) in [6.45, 7) is 0. The van der Waals surface area contributed by atoms with Crippen LogP contribution in [0.2, 0.25) is 0 Å². The summed E-state index contributed by atoms with van der Waals surface area (Å²) in [4.78, 5) is 24.6. The van der Waals surface area contributed by atoms with Gasteiger partial charge in [0.1, 0.15) is 0 Å². The molecule has 0 amide bonds. The molecule has 0 bridgehead atoms. The molecule has 0 spiro atoms. The molecule has 0 aromatic heterocycles. The molecule has 0 fully saturated rings. The summed E-state index contributed by atoms with van der Waals surface area (Å²) in [5.41, 5.74) is 0.437. The van der Waals surface area contributed by atoms with Crippen LogP contribution in [-0.2, 0) is 15.1 Å². The predicted molar refractivity (Wildman–Crippen MR) is 70.0 cm³/mol. The lowest BCUT2D eigenvalue weighted by atomic mass is 9.87. The van der Waals surface area contributed by atoms with Gasteiger partial charge in [0.05, 0.1) is 0 Å². The molecule has 3 rings (SSSR count). The van der Waals surface area contributed by atoms with Crippen molar-refractivity contribution in [3.05, 3.63) is 71.3 Å². The summed E-state index contributed by atoms with van der Waals surface area (Å²) in [7, 11) is 1.46. The molecule has 2 aromatic rings. The summed E-state index contributed by atoms with van der Waals surface area (Å²) in [5.74, 6) is -1.01. The van der Waals surface area contributed by atoms with Crippen molar-refractivity contribution in [1.29, 1.82) is 0 Å². The van der Waals surface area contributed by atoms with E-state index in [9.17, 15) is 9.59 Å². The molecule has 0 heterocycles. The minimum Gasteiger partial charge on any atom is -0.360 e. The summed E-state index contributed by atoms with van der Waals surface area (Å²) in [6.07, 6.45) is 0. The Morgan fingerprint density at radius 3 is 2.21 bits per heavy atom. The zero-order valence-corrected chi connectivity index (χ0v) is 10.4. The molecule has 1 atom stereocenters. The number of ether oxygens (including phenoxy) is 1. The average molecular weight is 252 g/mol. The third kappa shape index (κ3) is 1.42. The molecule has 2 aromatic carbocycles. The molecule has 0 saturated carbocycles. The van der Waals surface area contributed by atoms with Crippen LogP contribution in [0.15, 0.2) is 54.6 Å². The molecule has 3 nitrogen and oxygen atoms in total. The lowest BCUT2D eigenvalue weighted by Gasteiger charge is -2.26. The first kappa shape index (κ1) is 11.8. The Bertz CT molecular complexity index is 661. The van der Waals surface area contributed by atoms with Crippen LogP contribution in [0.4, 0.5) is 0 Å². The van der Waals surface area contributed by atoms with Crippen molar-refractivity contribution in [2.24, 2.45) is 0 Å². The van der Waals surface area contributed by atoms with E-state index in [1.807, 2.05) is 18.2 Å². The normalized spacial score (nSPS) is 21.5. The number of hydrogen-bond acceptors (Lipinski definition) is 3. The maximum Gasteiger partial charge on any atom is 0.244 e. The molecular formula is C16H12O3. The minimum atomic E-state index is -1.30. The second-order valence-corrected chi connectivity index (χ2v) is 4.46. The van der Waals surface area contributed by atoms with Crippen LogP contribution >= 0.6 is 0 Å². The van der Waals surface area contributed by atoms with Gasteiger partial charge in [-0.05, 0) is 5.56 Å². The number of ketones is 2. The molecule has 1 aliphatic rings. The van der Waals surface area contributed by atoms with E-state index in [-0.39, 0.29) is 0 Å². The Kier molecular flexibility index (Phi) is 2.57. The fraction of sp³-hybridized carbons (Fsp3) is 0.125. The third-order valence-corrected chi connectivity index (χ3v) is 3.56. The highest BCUT2D eigenvalue weighted by Gasteiger charge is 2.53. The van der Waals surface area contributed by atoms with E-state index in [0.29, 0.717) is 16.7 Å². The van der Waals surface area contributed by atoms with Crippen LogP contribution < -0.4 is 0 Å². The van der Waals surface area contributed by atoms with Crippen molar-refractivity contribution in [1.82, 2.24) is 0 Å². The van der Waals surface area contributed by atoms with Gasteiger partial charge in [-0.1, -0.05) is 54.6 Å². The first-order valence-corrected chi connectivity index (χ1v) is 6.01. The Labute approximate surface area is 110 Å². The van der Waals surface area contributed by atoms with Crippen LogP contribution in [0.1, 0.15) is 21.5 Å². The lowest BCUT2D eigenvalue weighted by Crippen LogP contribution is -2.37. The maximum absolute atomic E-state index is 12.4. The predicted octanol–water partition coefficient (Wildman–Crippen LogP) is 2.34. The van der Waals surface area contributed by atoms with Crippen molar-refractivity contribution in [3.8, 4) is 0 Å². The van der Waals surface area contributed by atoms with Crippen LogP contribution in [0.5, 0.6) is 0 Å². The van der Waals surface area contributed by atoms with Gasteiger partial charge >= 0.3 is 0 Å². The molecule has 0 aliphatic heterocycles. The standard InChI is InChI=1S/C16H12O3/c1-19-16(11-7-3-2-4-8-11)13-10-6-5-9-12(13)14(17)15(16)18/h2-10H,1H3. The Balaban J connectivity index is 2.34. The number of methoxy groups -OCH3 is 1. The monoisotopic (exact) mass is 252 g/mol. The first-order chi connectivity index (χ1) is 9.21. The Hall–Kier alpha value is -2.26. The summed E-state index contributed by atoms with van der Waals surface area (Å²) in [6, 6.07) is 16.1. The smallest absolute Gasteiger partial charge is 0.244 e. The van der Waals surface area contributed by atoms with E-state index in [1.165, 1.54) is 7.11 Å². The summed E-state index contributed by atoms with van der Waals surface area (Å²) < 4.78 is 5.52. The van der Waals surface area contributed by atoms with Crippen LogP contribution in [0.25, 0.3) is 0 Å². The maximum atomic E-state index is 12.4. The zero-order chi connectivity index (χ0) is 13.5. The Morgan fingerprint density at radius 2 is 1.53 bits per heavy atom. The number of carbonyl (C=O) groups is 2. The average Bonchev–Trinajstić information content (AvgIpc) is 2.70. The number of fused-ring (bicyclic) bond motifs is 1. The van der Waals surface area contributed by atoms with Gasteiger partial charge in [0.15, 0.2) is 5.60 Å². The topological polar surface area (TPSA) is 43.4 Å². The lowest BCUT2D eigenvalue weighted by molar-refractivity contribution is -0.131. The number of carbonyl (C=O) groups excluding carboxylic acids is 2. The van der Waals surface area contributed by atoms with Crippen molar-refractivity contribution in [2.45, 2.75) is 5.60 Å². The van der Waals surface area contributed by atoms with Gasteiger partial charge < -0.3 is 4.74 Å². The van der Waals surface area contributed by atoms with Gasteiger partial charge in [0.2, 0.25) is 11.6 Å². The van der Waals surface area contributed by atoms with Gasteiger partial charge in [-0.15, -0.1) is 0 Å². The second kappa shape index (κ2) is 4.14. The van der Waals surface area contributed by atoms with Crippen molar-refractivity contribution >= 4 is 11.6 Å². The van der Waals surface area contributed by atoms with Gasteiger partial charge in [-0.25, -0.2) is 0 Å². The Morgan fingerprint density at radius 1 is 0.895 bits per heavy atom. The number of hydrogen-bond donors (Lipinski definition) is 0. The fourth-order valence-electron chi connectivity index (χ4n) is 2.67. The first-order valence-electron chi connectivity index (χ1n) is 6.01. The van der Waals surface area contributed by atoms with Crippen molar-refractivity contribution in [2.75, 3.05) is 7.11 Å². The number of rotatable bonds is 2. The molecule has 94 valence electrons. The minimum absolute atomic E-state index is 0.429. The highest BCUT2D eigenvalue weighted by atomic mass is 16.5. The molecule has 0 radical (unpaired) electrons. The van der Waals surface area contributed by atoms with E-state index in [2.05, 4.69) is 0 Å². The van der Waals surface area contributed by atoms with Gasteiger partial charge in [0, 0.05) is 18.2 Å². The van der Waals surface area contributed by atoms with Crippen molar-refractivity contribution in [3.63, 3.8) is 0 Å². The largest absolute Gasteiger partial charge is 0.360 e. The van der Waals surface area contributed by atoms with Gasteiger partial charge in [-0.3, -0.25) is 9.59 Å².